The van der Waals surface area contributed by atoms with Gasteiger partial charge in [-0.25, -0.2) is 0 Å². The Labute approximate surface area is 274 Å². The van der Waals surface area contributed by atoms with Gasteiger partial charge in [0.25, 0.3) is 0 Å². The molecule has 0 spiro atoms. The van der Waals surface area contributed by atoms with Gasteiger partial charge in [-0.1, -0.05) is 142 Å². The Hall–Kier alpha value is -0.820. The van der Waals surface area contributed by atoms with Crippen molar-refractivity contribution in [3.05, 3.63) is 0 Å². The van der Waals surface area contributed by atoms with E-state index in [0.29, 0.717) is 38.9 Å². The lowest BCUT2D eigenvalue weighted by atomic mass is 9.80. The van der Waals surface area contributed by atoms with Crippen LogP contribution in [0.5, 0.6) is 0 Å². The molecule has 6 heteroatoms. The van der Waals surface area contributed by atoms with E-state index in [1.165, 1.54) is 116 Å². The number of hydrogen-bond donors (Lipinski definition) is 4. The van der Waals surface area contributed by atoms with Crippen LogP contribution in [0.15, 0.2) is 0 Å². The third kappa shape index (κ3) is 24.4. The Morgan fingerprint density at radius 2 is 0.818 bits per heavy atom. The van der Waals surface area contributed by atoms with Crippen LogP contribution in [0.1, 0.15) is 194 Å². The molecule has 0 heterocycles. The van der Waals surface area contributed by atoms with Crippen molar-refractivity contribution in [1.29, 1.82) is 0 Å². The zero-order valence-corrected chi connectivity index (χ0v) is 29.8. The molecule has 0 atom stereocenters. The van der Waals surface area contributed by atoms with Gasteiger partial charge in [-0.15, -0.1) is 0 Å². The van der Waals surface area contributed by atoms with Crippen LogP contribution >= 0.6 is 0 Å². The number of Topliss-reactive ketones (excluding diaryl/α,β-unsaturated/α-hetero) is 2. The summed E-state index contributed by atoms with van der Waals surface area (Å²) in [4.78, 5) is 27.5. The van der Waals surface area contributed by atoms with Crippen molar-refractivity contribution in [2.75, 3.05) is 32.7 Å². The van der Waals surface area contributed by atoms with Gasteiger partial charge in [-0.3, -0.25) is 14.9 Å². The number of nitrogens with one attached hydrogen (secondary N) is 2. The van der Waals surface area contributed by atoms with Crippen LogP contribution in [0.3, 0.4) is 0 Å². The smallest absolute Gasteiger partial charge is 0.160 e. The summed E-state index contributed by atoms with van der Waals surface area (Å²) in [5.41, 5.74) is 10.5. The molecular weight excluding hydrogens is 544 g/mol. The molecule has 0 unspecified atom stereocenters. The van der Waals surface area contributed by atoms with E-state index in [1.807, 2.05) is 0 Å². The molecule has 0 fully saturated rings. The molecule has 0 bridgehead atoms. The number of carbonyl (C=O) groups excluding carboxylic acids is 2. The summed E-state index contributed by atoms with van der Waals surface area (Å²) in [6.07, 6.45) is 31.9. The van der Waals surface area contributed by atoms with Crippen LogP contribution in [-0.4, -0.2) is 49.8 Å². The maximum Gasteiger partial charge on any atom is 0.160 e. The van der Waals surface area contributed by atoms with Crippen LogP contribution in [0, 0.1) is 0 Å². The fourth-order valence-electron chi connectivity index (χ4n) is 6.29. The van der Waals surface area contributed by atoms with Crippen LogP contribution < -0.4 is 22.1 Å². The second-order valence-electron chi connectivity index (χ2n) is 13.4. The van der Waals surface area contributed by atoms with Gasteiger partial charge in [0.15, 0.2) is 11.6 Å². The van der Waals surface area contributed by atoms with Gasteiger partial charge < -0.3 is 16.8 Å². The van der Waals surface area contributed by atoms with Crippen molar-refractivity contribution in [2.24, 2.45) is 11.5 Å². The molecule has 6 N–H and O–H groups in total. The predicted octanol–water partition coefficient (Wildman–Crippen LogP) is 8.92. The van der Waals surface area contributed by atoms with Crippen molar-refractivity contribution < 1.29 is 9.59 Å². The van der Waals surface area contributed by atoms with Gasteiger partial charge in [0.2, 0.25) is 0 Å². The van der Waals surface area contributed by atoms with E-state index >= 15 is 0 Å². The monoisotopic (exact) mass is 623 g/mol. The van der Waals surface area contributed by atoms with E-state index in [1.54, 1.807) is 0 Å². The number of ketones is 2. The molecule has 0 aliphatic carbocycles. The Kier molecular flexibility index (Phi) is 32.9. The zero-order valence-electron chi connectivity index (χ0n) is 29.8. The molecule has 0 aromatic rings. The first-order valence-electron chi connectivity index (χ1n) is 19.5. The maximum absolute atomic E-state index is 13.7. The summed E-state index contributed by atoms with van der Waals surface area (Å²) in [5.74, 6) is 0.154. The molecule has 0 rings (SSSR count). The molecular formula is C38H78N4O2. The number of nitrogens with two attached hydrogens (primary N) is 2. The highest BCUT2D eigenvalue weighted by molar-refractivity contribution is 6.11. The van der Waals surface area contributed by atoms with Crippen molar-refractivity contribution in [3.63, 3.8) is 0 Å². The van der Waals surface area contributed by atoms with Crippen molar-refractivity contribution >= 4 is 11.6 Å². The SMILES string of the molecule is CCCCCCCCCCCCCC(=O)C(CCN)(NCCCCNCCCN)C(=O)CCCCCCCCCCCCC. The minimum Gasteiger partial charge on any atom is -0.330 e. The summed E-state index contributed by atoms with van der Waals surface area (Å²) >= 11 is 0. The normalized spacial score (nSPS) is 11.8. The Bertz CT molecular complexity index is 590. The van der Waals surface area contributed by atoms with E-state index in [2.05, 4.69) is 24.5 Å². The lowest BCUT2D eigenvalue weighted by molar-refractivity contribution is -0.137. The standard InChI is InChI=1S/C38H78N4O2/c1-3-5-7-9-11-13-15-17-19-21-23-28-36(43)38(30-32-40,42-35-26-25-33-41-34-27-31-39)37(44)29-24-22-20-18-16-14-12-10-8-6-4-2/h41-42H,3-35,39-40H2,1-2H3. The molecule has 0 saturated carbocycles. The highest BCUT2D eigenvalue weighted by Crippen LogP contribution is 2.22. The summed E-state index contributed by atoms with van der Waals surface area (Å²) in [6.45, 7) is 8.13. The largest absolute Gasteiger partial charge is 0.330 e. The number of carbonyl (C=O) groups is 2. The van der Waals surface area contributed by atoms with E-state index in [4.69, 9.17) is 11.5 Å². The lowest BCUT2D eigenvalue weighted by Crippen LogP contribution is -2.59. The predicted molar refractivity (Wildman–Crippen MR) is 192 cm³/mol. The van der Waals surface area contributed by atoms with Crippen molar-refractivity contribution in [2.45, 2.75) is 199 Å². The van der Waals surface area contributed by atoms with E-state index in [-0.39, 0.29) is 11.6 Å². The topological polar surface area (TPSA) is 110 Å². The van der Waals surface area contributed by atoms with Crippen molar-refractivity contribution in [3.8, 4) is 0 Å². The Morgan fingerprint density at radius 1 is 0.455 bits per heavy atom. The first-order valence-corrected chi connectivity index (χ1v) is 19.5. The van der Waals surface area contributed by atoms with Crippen LogP contribution in [0.4, 0.5) is 0 Å². The second kappa shape index (κ2) is 33.5. The highest BCUT2D eigenvalue weighted by atomic mass is 16.2. The first-order chi connectivity index (χ1) is 21.6. The highest BCUT2D eigenvalue weighted by Gasteiger charge is 2.42. The molecule has 0 aliphatic heterocycles. The summed E-state index contributed by atoms with van der Waals surface area (Å²) < 4.78 is 0. The molecule has 0 aliphatic rings. The molecule has 0 radical (unpaired) electrons. The van der Waals surface area contributed by atoms with Crippen LogP contribution in [0.25, 0.3) is 0 Å². The quantitative estimate of drug-likeness (QED) is 0.0407. The fourth-order valence-corrected chi connectivity index (χ4v) is 6.29. The Balaban J connectivity index is 4.67. The molecule has 0 amide bonds. The maximum atomic E-state index is 13.7. The van der Waals surface area contributed by atoms with Crippen LogP contribution in [0.2, 0.25) is 0 Å². The first kappa shape index (κ1) is 43.2. The molecule has 0 saturated heterocycles. The lowest BCUT2D eigenvalue weighted by Gasteiger charge is -2.32. The second-order valence-corrected chi connectivity index (χ2v) is 13.4. The number of unbranched alkanes of at least 4 members (excludes halogenated alkanes) is 21. The Morgan fingerprint density at radius 3 is 1.20 bits per heavy atom. The zero-order chi connectivity index (χ0) is 32.4. The minimum atomic E-state index is -1.10. The molecule has 262 valence electrons. The van der Waals surface area contributed by atoms with Gasteiger partial charge in [0, 0.05) is 12.8 Å². The summed E-state index contributed by atoms with van der Waals surface area (Å²) in [6, 6.07) is 0. The summed E-state index contributed by atoms with van der Waals surface area (Å²) in [7, 11) is 0. The van der Waals surface area contributed by atoms with Gasteiger partial charge in [-0.2, -0.15) is 0 Å². The van der Waals surface area contributed by atoms with Gasteiger partial charge in [0.1, 0.15) is 5.54 Å². The number of hydrogen-bond acceptors (Lipinski definition) is 6. The molecule has 44 heavy (non-hydrogen) atoms. The third-order valence-corrected chi connectivity index (χ3v) is 9.25. The fraction of sp³-hybridized carbons (Fsp3) is 0.947. The molecule has 0 aromatic heterocycles. The summed E-state index contributed by atoms with van der Waals surface area (Å²) in [5, 5.41) is 6.91. The van der Waals surface area contributed by atoms with Gasteiger partial charge in [-0.05, 0) is 71.2 Å². The van der Waals surface area contributed by atoms with E-state index in [0.717, 1.165) is 58.0 Å². The van der Waals surface area contributed by atoms with E-state index < -0.39 is 5.54 Å². The average molecular weight is 623 g/mol. The molecule has 6 nitrogen and oxygen atoms in total. The minimum absolute atomic E-state index is 0.0769. The third-order valence-electron chi connectivity index (χ3n) is 9.25. The number of rotatable bonds is 37. The van der Waals surface area contributed by atoms with Crippen molar-refractivity contribution in [1.82, 2.24) is 10.6 Å². The van der Waals surface area contributed by atoms with Crippen LogP contribution in [-0.2, 0) is 9.59 Å². The van der Waals surface area contributed by atoms with E-state index in [9.17, 15) is 9.59 Å². The van der Waals surface area contributed by atoms with Gasteiger partial charge in [0.05, 0.1) is 0 Å². The van der Waals surface area contributed by atoms with Gasteiger partial charge >= 0.3 is 0 Å². The molecule has 0 aromatic carbocycles. The average Bonchev–Trinajstić information content (AvgIpc) is 3.02.